The van der Waals surface area contributed by atoms with E-state index in [-0.39, 0.29) is 6.61 Å². The highest BCUT2D eigenvalue weighted by molar-refractivity contribution is 7.98. The largest absolute Gasteiger partial charge is 0.479 e. The number of aryl methyl sites for hydroxylation is 1. The van der Waals surface area contributed by atoms with Gasteiger partial charge in [0.05, 0.1) is 17.9 Å². The van der Waals surface area contributed by atoms with Crippen molar-refractivity contribution < 1.29 is 32.2 Å². The molecule has 1 saturated heterocycles. The van der Waals surface area contributed by atoms with Crippen molar-refractivity contribution in [1.29, 1.82) is 0 Å². The van der Waals surface area contributed by atoms with Gasteiger partial charge in [0.2, 0.25) is 0 Å². The predicted octanol–water partition coefficient (Wildman–Crippen LogP) is 5.96. The highest BCUT2D eigenvalue weighted by Crippen LogP contribution is 2.36. The third kappa shape index (κ3) is 8.17. The molecule has 13 heteroatoms. The van der Waals surface area contributed by atoms with Crippen LogP contribution in [0.3, 0.4) is 0 Å². The molecule has 8 nitrogen and oxygen atoms in total. The minimum absolute atomic E-state index is 0.283. The average molecular weight is 623 g/mol. The number of halogens is 3. The SMILES string of the molecule is CCOC(=O)C(C)Oc1ccc(SCc2sc(-c3ccc(C(F)(F)F)cc3)nc2CN2CCN(C(N)=O)CC2)cc1C. The van der Waals surface area contributed by atoms with Crippen LogP contribution in [0.4, 0.5) is 18.0 Å². The summed E-state index contributed by atoms with van der Waals surface area (Å²) in [5, 5.41) is 0.651. The molecular weight excluding hydrogens is 589 g/mol. The van der Waals surface area contributed by atoms with Crippen molar-refractivity contribution in [3.8, 4) is 16.3 Å². The van der Waals surface area contributed by atoms with Crippen molar-refractivity contribution in [3.63, 3.8) is 0 Å². The number of urea groups is 1. The fraction of sp³-hybridized carbons (Fsp3) is 0.414. The Labute approximate surface area is 251 Å². The van der Waals surface area contributed by atoms with E-state index in [1.165, 1.54) is 23.5 Å². The van der Waals surface area contributed by atoms with E-state index >= 15 is 0 Å². The van der Waals surface area contributed by atoms with E-state index in [0.717, 1.165) is 33.2 Å². The summed E-state index contributed by atoms with van der Waals surface area (Å²) in [7, 11) is 0. The van der Waals surface area contributed by atoms with E-state index in [2.05, 4.69) is 4.90 Å². The number of rotatable bonds is 10. The van der Waals surface area contributed by atoms with Crippen molar-refractivity contribution in [2.24, 2.45) is 5.73 Å². The number of esters is 1. The van der Waals surface area contributed by atoms with Gasteiger partial charge in [0.15, 0.2) is 6.10 Å². The van der Waals surface area contributed by atoms with E-state index in [4.69, 9.17) is 20.2 Å². The average Bonchev–Trinajstić information content (AvgIpc) is 3.35. The highest BCUT2D eigenvalue weighted by atomic mass is 32.2. The minimum atomic E-state index is -4.41. The summed E-state index contributed by atoms with van der Waals surface area (Å²) >= 11 is 3.07. The molecule has 42 heavy (non-hydrogen) atoms. The first-order valence-corrected chi connectivity index (χ1v) is 15.2. The summed E-state index contributed by atoms with van der Waals surface area (Å²) in [6, 6.07) is 10.3. The zero-order valence-electron chi connectivity index (χ0n) is 23.6. The number of piperazine rings is 1. The number of thioether (sulfide) groups is 1. The third-order valence-electron chi connectivity index (χ3n) is 6.73. The second-order valence-electron chi connectivity index (χ2n) is 9.79. The zero-order chi connectivity index (χ0) is 30.4. The number of carbonyl (C=O) groups is 2. The first kappa shape index (κ1) is 31.6. The van der Waals surface area contributed by atoms with Crippen LogP contribution in [0.5, 0.6) is 5.75 Å². The maximum Gasteiger partial charge on any atom is 0.416 e. The van der Waals surface area contributed by atoms with Crippen LogP contribution in [0.1, 0.15) is 35.5 Å². The summed E-state index contributed by atoms with van der Waals surface area (Å²) in [5.74, 6) is 0.777. The molecule has 1 atom stereocenters. The first-order valence-electron chi connectivity index (χ1n) is 13.4. The van der Waals surface area contributed by atoms with Gasteiger partial charge in [-0.3, -0.25) is 4.90 Å². The molecule has 1 aliphatic rings. The molecule has 1 unspecified atom stereocenters. The molecule has 4 rings (SSSR count). The number of alkyl halides is 3. The van der Waals surface area contributed by atoms with Gasteiger partial charge in [-0.15, -0.1) is 23.1 Å². The van der Waals surface area contributed by atoms with E-state index in [1.54, 1.807) is 30.5 Å². The number of carbonyl (C=O) groups excluding carboxylic acids is 2. The number of nitrogens with two attached hydrogens (primary N) is 1. The normalized spacial score (nSPS) is 15.0. The second-order valence-corrected chi connectivity index (χ2v) is 11.9. The number of benzene rings is 2. The number of ether oxygens (including phenoxy) is 2. The van der Waals surface area contributed by atoms with Crippen LogP contribution in [-0.2, 0) is 28.0 Å². The Kier molecular flexibility index (Phi) is 10.4. The molecule has 0 bridgehead atoms. The molecule has 0 radical (unpaired) electrons. The first-order chi connectivity index (χ1) is 19.9. The Morgan fingerprint density at radius 2 is 1.81 bits per heavy atom. The molecule has 1 fully saturated rings. The fourth-order valence-corrected chi connectivity index (χ4v) is 6.55. The van der Waals surface area contributed by atoms with Gasteiger partial charge in [-0.2, -0.15) is 13.2 Å². The van der Waals surface area contributed by atoms with Gasteiger partial charge in [0, 0.05) is 53.8 Å². The monoisotopic (exact) mass is 622 g/mol. The quantitative estimate of drug-likeness (QED) is 0.220. The van der Waals surface area contributed by atoms with Crippen molar-refractivity contribution >= 4 is 35.1 Å². The Balaban J connectivity index is 1.50. The van der Waals surface area contributed by atoms with Gasteiger partial charge in [-0.25, -0.2) is 14.6 Å². The van der Waals surface area contributed by atoms with E-state index in [0.29, 0.717) is 54.8 Å². The predicted molar refractivity (Wildman–Crippen MR) is 156 cm³/mol. The maximum absolute atomic E-state index is 13.1. The summed E-state index contributed by atoms with van der Waals surface area (Å²) in [6.45, 7) is 8.48. The Morgan fingerprint density at radius 1 is 1.12 bits per heavy atom. The molecular formula is C29H33F3N4O4S2. The Hall–Kier alpha value is -3.29. The molecule has 3 aromatic rings. The number of thiazole rings is 1. The lowest BCUT2D eigenvalue weighted by molar-refractivity contribution is -0.150. The lowest BCUT2D eigenvalue weighted by Crippen LogP contribution is -2.50. The van der Waals surface area contributed by atoms with Crippen LogP contribution in [0.15, 0.2) is 47.4 Å². The number of hydrogen-bond donors (Lipinski definition) is 1. The summed E-state index contributed by atoms with van der Waals surface area (Å²) < 4.78 is 50.1. The van der Waals surface area contributed by atoms with Gasteiger partial charge < -0.3 is 20.1 Å². The van der Waals surface area contributed by atoms with Crippen LogP contribution in [0.2, 0.25) is 0 Å². The number of aromatic nitrogens is 1. The molecule has 2 N–H and O–H groups in total. The smallest absolute Gasteiger partial charge is 0.416 e. The zero-order valence-corrected chi connectivity index (χ0v) is 25.2. The van der Waals surface area contributed by atoms with E-state index in [1.807, 2.05) is 25.1 Å². The number of nitrogens with zero attached hydrogens (tertiary/aromatic N) is 3. The maximum atomic E-state index is 13.1. The van der Waals surface area contributed by atoms with Gasteiger partial charge in [0.1, 0.15) is 10.8 Å². The van der Waals surface area contributed by atoms with E-state index in [9.17, 15) is 22.8 Å². The lowest BCUT2D eigenvalue weighted by Gasteiger charge is -2.33. The molecule has 1 aliphatic heterocycles. The third-order valence-corrected chi connectivity index (χ3v) is 9.08. The Bertz CT molecular complexity index is 1390. The van der Waals surface area contributed by atoms with Gasteiger partial charge in [0.25, 0.3) is 0 Å². The molecule has 2 amide bonds. The van der Waals surface area contributed by atoms with Crippen LogP contribution >= 0.6 is 23.1 Å². The van der Waals surface area contributed by atoms with Crippen molar-refractivity contribution in [2.75, 3.05) is 32.8 Å². The number of primary amides is 1. The van der Waals surface area contributed by atoms with Crippen LogP contribution < -0.4 is 10.5 Å². The Morgan fingerprint density at radius 3 is 2.40 bits per heavy atom. The van der Waals surface area contributed by atoms with Crippen molar-refractivity contribution in [2.45, 2.75) is 50.2 Å². The van der Waals surface area contributed by atoms with Gasteiger partial charge >= 0.3 is 18.2 Å². The molecule has 2 heterocycles. The van der Waals surface area contributed by atoms with E-state index < -0.39 is 29.8 Å². The van der Waals surface area contributed by atoms with Crippen LogP contribution in [0.25, 0.3) is 10.6 Å². The summed E-state index contributed by atoms with van der Waals surface area (Å²) in [6.07, 6.45) is -5.13. The standard InChI is InChI=1S/C29H33F3N4O4S2/c1-4-39-27(37)19(3)40-24-10-9-22(15-18(24)2)41-17-25-23(16-35-11-13-36(14-12-35)28(33)38)34-26(42-25)20-5-7-21(8-6-20)29(30,31)32/h5-10,15,19H,4,11-14,16-17H2,1-3H3,(H2,33,38). The fourth-order valence-electron chi connectivity index (χ4n) is 4.37. The second kappa shape index (κ2) is 13.8. The van der Waals surface area contributed by atoms with Crippen LogP contribution in [-0.4, -0.2) is 65.7 Å². The summed E-state index contributed by atoms with van der Waals surface area (Å²) in [5.41, 5.74) is 7.06. The minimum Gasteiger partial charge on any atom is -0.479 e. The van der Waals surface area contributed by atoms with Gasteiger partial charge in [-0.1, -0.05) is 12.1 Å². The van der Waals surface area contributed by atoms with Crippen LogP contribution in [0, 0.1) is 6.92 Å². The highest BCUT2D eigenvalue weighted by Gasteiger charge is 2.30. The lowest BCUT2D eigenvalue weighted by atomic mass is 10.1. The topological polar surface area (TPSA) is 98.0 Å². The molecule has 226 valence electrons. The molecule has 1 aromatic heterocycles. The molecule has 0 spiro atoms. The molecule has 2 aromatic carbocycles. The number of hydrogen-bond acceptors (Lipinski definition) is 8. The summed E-state index contributed by atoms with van der Waals surface area (Å²) in [4.78, 5) is 34.1. The van der Waals surface area contributed by atoms with Gasteiger partial charge in [-0.05, 0) is 56.7 Å². The van der Waals surface area contributed by atoms with Crippen molar-refractivity contribution in [1.82, 2.24) is 14.8 Å². The molecule has 0 saturated carbocycles. The van der Waals surface area contributed by atoms with Crippen molar-refractivity contribution in [3.05, 3.63) is 64.2 Å². The number of amides is 2. The molecule has 0 aliphatic carbocycles.